The first-order valence-corrected chi connectivity index (χ1v) is 8.22. The Labute approximate surface area is 141 Å². The smallest absolute Gasteiger partial charge is 0.147 e. The fourth-order valence-corrected chi connectivity index (χ4v) is 3.11. The Kier molecular flexibility index (Phi) is 5.10. The predicted molar refractivity (Wildman–Crippen MR) is 92.7 cm³/mol. The van der Waals surface area contributed by atoms with E-state index in [0.717, 1.165) is 43.0 Å². The number of nitrogens with one attached hydrogen (secondary N) is 1. The van der Waals surface area contributed by atoms with Gasteiger partial charge in [-0.05, 0) is 37.6 Å². The first-order valence-electron chi connectivity index (χ1n) is 7.84. The Bertz CT molecular complexity index is 656. The van der Waals surface area contributed by atoms with Crippen molar-refractivity contribution in [2.45, 2.75) is 25.5 Å². The molecule has 0 saturated carbocycles. The van der Waals surface area contributed by atoms with Crippen LogP contribution in [0.25, 0.3) is 11.3 Å². The predicted octanol–water partition coefficient (Wildman–Crippen LogP) is 2.48. The lowest BCUT2D eigenvalue weighted by Gasteiger charge is -2.32. The lowest BCUT2D eigenvalue weighted by Crippen LogP contribution is -2.41. The maximum atomic E-state index is 9.18. The zero-order chi connectivity index (χ0) is 16.2. The highest BCUT2D eigenvalue weighted by molar-refractivity contribution is 6.31. The summed E-state index contributed by atoms with van der Waals surface area (Å²) in [6, 6.07) is 6.04. The summed E-state index contributed by atoms with van der Waals surface area (Å²) in [6.07, 6.45) is 5.83. The molecule has 0 amide bonds. The molecule has 122 valence electrons. The minimum atomic E-state index is -0.0647. The Morgan fingerprint density at radius 1 is 1.26 bits per heavy atom. The van der Waals surface area contributed by atoms with E-state index in [4.69, 9.17) is 11.6 Å². The summed E-state index contributed by atoms with van der Waals surface area (Å²) in [5.74, 6) is 0.888. The van der Waals surface area contributed by atoms with E-state index in [9.17, 15) is 5.11 Å². The van der Waals surface area contributed by atoms with Gasteiger partial charge in [-0.25, -0.2) is 4.98 Å². The van der Waals surface area contributed by atoms with E-state index in [1.165, 1.54) is 0 Å². The highest BCUT2D eigenvalue weighted by Crippen LogP contribution is 2.25. The quantitative estimate of drug-likeness (QED) is 0.900. The average molecular weight is 333 g/mol. The van der Waals surface area contributed by atoms with Crippen LogP contribution >= 0.6 is 11.6 Å². The summed E-state index contributed by atoms with van der Waals surface area (Å²) in [5.41, 5.74) is 2.39. The molecule has 23 heavy (non-hydrogen) atoms. The molecule has 3 rings (SSSR count). The normalized spacial score (nSPS) is 15.6. The van der Waals surface area contributed by atoms with Crippen LogP contribution in [-0.4, -0.2) is 41.3 Å². The van der Waals surface area contributed by atoms with E-state index in [0.29, 0.717) is 16.6 Å². The molecule has 1 aliphatic rings. The molecular weight excluding hydrogens is 312 g/mol. The van der Waals surface area contributed by atoms with E-state index in [1.54, 1.807) is 6.20 Å². The minimum Gasteiger partial charge on any atom is -0.392 e. The highest BCUT2D eigenvalue weighted by Gasteiger charge is 2.19. The molecule has 0 unspecified atom stereocenters. The van der Waals surface area contributed by atoms with E-state index in [1.807, 2.05) is 24.4 Å². The Hall–Kier alpha value is -1.69. The zero-order valence-corrected chi connectivity index (χ0v) is 13.9. The Morgan fingerprint density at radius 2 is 2.04 bits per heavy atom. The summed E-state index contributed by atoms with van der Waals surface area (Å²) in [4.78, 5) is 11.3. The Morgan fingerprint density at radius 3 is 2.65 bits per heavy atom. The average Bonchev–Trinajstić information content (AvgIpc) is 2.62. The van der Waals surface area contributed by atoms with Gasteiger partial charge >= 0.3 is 0 Å². The van der Waals surface area contributed by atoms with Crippen LogP contribution in [-0.2, 0) is 6.61 Å². The van der Waals surface area contributed by atoms with Gasteiger partial charge in [-0.2, -0.15) is 0 Å². The van der Waals surface area contributed by atoms with Crippen LogP contribution in [0.2, 0.25) is 5.02 Å². The third kappa shape index (κ3) is 3.63. The third-order valence-electron chi connectivity index (χ3n) is 4.38. The summed E-state index contributed by atoms with van der Waals surface area (Å²) < 4.78 is 0. The van der Waals surface area contributed by atoms with Crippen LogP contribution < -0.4 is 10.2 Å². The molecule has 5 nitrogen and oxygen atoms in total. The van der Waals surface area contributed by atoms with Gasteiger partial charge in [0.1, 0.15) is 5.82 Å². The SMILES string of the molecule is CN(c1cnc(-c2ccc(CO)c(Cl)c2)cn1)C1CCNCC1. The lowest BCUT2D eigenvalue weighted by atomic mass is 10.1. The van der Waals surface area contributed by atoms with Crippen LogP contribution in [0.3, 0.4) is 0 Å². The second-order valence-electron chi connectivity index (χ2n) is 5.82. The molecule has 2 N–H and O–H groups in total. The molecule has 2 aromatic rings. The molecule has 0 bridgehead atoms. The molecule has 1 fully saturated rings. The van der Waals surface area contributed by atoms with Gasteiger partial charge in [-0.1, -0.05) is 23.7 Å². The van der Waals surface area contributed by atoms with Crippen molar-refractivity contribution in [2.75, 3.05) is 25.0 Å². The van der Waals surface area contributed by atoms with Gasteiger partial charge in [-0.3, -0.25) is 4.98 Å². The van der Waals surface area contributed by atoms with Gasteiger partial charge < -0.3 is 15.3 Å². The number of benzene rings is 1. The van der Waals surface area contributed by atoms with Crippen molar-refractivity contribution in [1.82, 2.24) is 15.3 Å². The van der Waals surface area contributed by atoms with Crippen LogP contribution in [0.1, 0.15) is 18.4 Å². The van der Waals surface area contributed by atoms with Crippen molar-refractivity contribution < 1.29 is 5.11 Å². The van der Waals surface area contributed by atoms with Gasteiger partial charge in [0, 0.05) is 23.7 Å². The first-order chi connectivity index (χ1) is 11.2. The molecular formula is C17H21ClN4O. The molecule has 1 saturated heterocycles. The van der Waals surface area contributed by atoms with E-state index < -0.39 is 0 Å². The first kappa shape index (κ1) is 16.2. The molecule has 1 aromatic heterocycles. The fourth-order valence-electron chi connectivity index (χ4n) is 2.87. The Balaban J connectivity index is 1.77. The molecule has 0 atom stereocenters. The number of piperidine rings is 1. The van der Waals surface area contributed by atoms with Crippen LogP contribution in [0, 0.1) is 0 Å². The topological polar surface area (TPSA) is 61.3 Å². The van der Waals surface area contributed by atoms with Gasteiger partial charge in [0.25, 0.3) is 0 Å². The van der Waals surface area contributed by atoms with Crippen LogP contribution in [0.5, 0.6) is 0 Å². The monoisotopic (exact) mass is 332 g/mol. The van der Waals surface area contributed by atoms with E-state index in [2.05, 4.69) is 27.2 Å². The van der Waals surface area contributed by atoms with Gasteiger partial charge in [0.05, 0.1) is 24.7 Å². The maximum absolute atomic E-state index is 9.18. The summed E-state index contributed by atoms with van der Waals surface area (Å²) in [5, 5.41) is 13.1. The third-order valence-corrected chi connectivity index (χ3v) is 4.73. The molecule has 0 aliphatic carbocycles. The van der Waals surface area contributed by atoms with Crippen molar-refractivity contribution >= 4 is 17.4 Å². The zero-order valence-electron chi connectivity index (χ0n) is 13.2. The summed E-state index contributed by atoms with van der Waals surface area (Å²) >= 11 is 6.14. The number of aliphatic hydroxyl groups is 1. The van der Waals surface area contributed by atoms with Crippen molar-refractivity contribution in [3.63, 3.8) is 0 Å². The second kappa shape index (κ2) is 7.25. The van der Waals surface area contributed by atoms with Gasteiger partial charge in [0.15, 0.2) is 0 Å². The molecule has 1 aromatic carbocycles. The number of aliphatic hydroxyl groups excluding tert-OH is 1. The molecule has 6 heteroatoms. The number of hydrogen-bond donors (Lipinski definition) is 2. The van der Waals surface area contributed by atoms with Crippen molar-refractivity contribution in [3.05, 3.63) is 41.2 Å². The largest absolute Gasteiger partial charge is 0.392 e. The number of hydrogen-bond acceptors (Lipinski definition) is 5. The lowest BCUT2D eigenvalue weighted by molar-refractivity contribution is 0.282. The maximum Gasteiger partial charge on any atom is 0.147 e. The fraction of sp³-hybridized carbons (Fsp3) is 0.412. The van der Waals surface area contributed by atoms with Crippen LogP contribution in [0.4, 0.5) is 5.82 Å². The number of aromatic nitrogens is 2. The number of anilines is 1. The standard InChI is InChI=1S/C17H21ClN4O/c1-22(14-4-6-19-7-5-14)17-10-20-16(9-21-17)12-2-3-13(11-23)15(18)8-12/h2-3,8-10,14,19,23H,4-7,11H2,1H3. The molecule has 2 heterocycles. The minimum absolute atomic E-state index is 0.0647. The summed E-state index contributed by atoms with van der Waals surface area (Å²) in [6.45, 7) is 2.04. The number of halogens is 1. The number of nitrogens with zero attached hydrogens (tertiary/aromatic N) is 3. The van der Waals surface area contributed by atoms with Gasteiger partial charge in [0.2, 0.25) is 0 Å². The van der Waals surface area contributed by atoms with Crippen LogP contribution in [0.15, 0.2) is 30.6 Å². The molecule has 0 spiro atoms. The van der Waals surface area contributed by atoms with E-state index >= 15 is 0 Å². The van der Waals surface area contributed by atoms with Gasteiger partial charge in [-0.15, -0.1) is 0 Å². The highest BCUT2D eigenvalue weighted by atomic mass is 35.5. The second-order valence-corrected chi connectivity index (χ2v) is 6.22. The summed E-state index contributed by atoms with van der Waals surface area (Å²) in [7, 11) is 2.08. The molecule has 1 aliphatic heterocycles. The molecule has 0 radical (unpaired) electrons. The van der Waals surface area contributed by atoms with Crippen molar-refractivity contribution in [3.8, 4) is 11.3 Å². The number of rotatable bonds is 4. The van der Waals surface area contributed by atoms with Crippen molar-refractivity contribution in [1.29, 1.82) is 0 Å². The van der Waals surface area contributed by atoms with E-state index in [-0.39, 0.29) is 6.61 Å². The van der Waals surface area contributed by atoms with Crippen molar-refractivity contribution in [2.24, 2.45) is 0 Å².